The molecule has 0 atom stereocenters. The monoisotopic (exact) mass is 409 g/mol. The quantitative estimate of drug-likeness (QED) is 0.833. The van der Waals surface area contributed by atoms with Crippen LogP contribution in [-0.4, -0.2) is 78.0 Å². The van der Waals surface area contributed by atoms with Crippen LogP contribution in [0.2, 0.25) is 0 Å². The van der Waals surface area contributed by atoms with Crippen molar-refractivity contribution in [2.45, 2.75) is 37.8 Å². The Morgan fingerprint density at radius 3 is 2.70 bits per heavy atom. The van der Waals surface area contributed by atoms with Crippen molar-refractivity contribution in [2.75, 3.05) is 57.6 Å². The first-order valence-corrected chi connectivity index (χ1v) is 11.4. The molecule has 3 aliphatic heterocycles. The first-order valence-electron chi connectivity index (χ1n) is 11.4. The Morgan fingerprint density at radius 2 is 1.83 bits per heavy atom. The molecule has 1 saturated heterocycles. The maximum absolute atomic E-state index is 5.46. The molecule has 4 aliphatic rings. The molecular formula is C22H31N7O. The lowest BCUT2D eigenvalue weighted by Crippen LogP contribution is -2.63. The van der Waals surface area contributed by atoms with Gasteiger partial charge in [-0.25, -0.2) is 9.98 Å². The van der Waals surface area contributed by atoms with Crippen LogP contribution in [-0.2, 0) is 10.4 Å². The van der Waals surface area contributed by atoms with E-state index in [4.69, 9.17) is 14.7 Å². The van der Waals surface area contributed by atoms with Gasteiger partial charge in [0.25, 0.3) is 0 Å². The standard InChI is InChI=1S/C22H31N7O/c1-2-7-19-18(6-1)24-21-28-17-27(11-5-10-26-12-14-30-15-13-26)16-23-20(28)25-22(29(19)21)8-3-4-9-22/h1-2,6-7H,3-5,8-17H2,(H,23,25). The molecule has 8 heteroatoms. The molecule has 2 aromatic rings. The van der Waals surface area contributed by atoms with E-state index in [0.29, 0.717) is 0 Å². The summed E-state index contributed by atoms with van der Waals surface area (Å²) in [6.45, 7) is 7.65. The Hall–Kier alpha value is -2.16. The zero-order valence-electron chi connectivity index (χ0n) is 17.6. The van der Waals surface area contributed by atoms with Crippen molar-refractivity contribution in [1.82, 2.24) is 24.7 Å². The van der Waals surface area contributed by atoms with Crippen molar-refractivity contribution in [2.24, 2.45) is 4.99 Å². The van der Waals surface area contributed by atoms with Crippen LogP contribution in [0.3, 0.4) is 0 Å². The lowest BCUT2D eigenvalue weighted by molar-refractivity contribution is 0.0361. The minimum atomic E-state index is -0.0702. The third-order valence-corrected chi connectivity index (χ3v) is 7.06. The van der Waals surface area contributed by atoms with Gasteiger partial charge in [-0.05, 0) is 50.8 Å². The van der Waals surface area contributed by atoms with E-state index in [-0.39, 0.29) is 5.66 Å². The van der Waals surface area contributed by atoms with E-state index < -0.39 is 0 Å². The van der Waals surface area contributed by atoms with Gasteiger partial charge in [0, 0.05) is 19.6 Å². The number of aromatic nitrogens is 2. The van der Waals surface area contributed by atoms with E-state index in [1.165, 1.54) is 18.4 Å². The highest BCUT2D eigenvalue weighted by Gasteiger charge is 2.46. The summed E-state index contributed by atoms with van der Waals surface area (Å²) in [5.74, 6) is 2.05. The minimum Gasteiger partial charge on any atom is -0.379 e. The van der Waals surface area contributed by atoms with Gasteiger partial charge in [0.05, 0.1) is 37.6 Å². The second-order valence-corrected chi connectivity index (χ2v) is 8.99. The lowest BCUT2D eigenvalue weighted by atomic mass is 10.1. The maximum atomic E-state index is 5.46. The first kappa shape index (κ1) is 18.6. The number of hydrogen-bond donors (Lipinski definition) is 1. The van der Waals surface area contributed by atoms with Crippen molar-refractivity contribution in [3.8, 4) is 0 Å². The van der Waals surface area contributed by atoms with Gasteiger partial charge in [-0.1, -0.05) is 12.1 Å². The molecule has 0 amide bonds. The van der Waals surface area contributed by atoms with E-state index in [2.05, 4.69) is 48.8 Å². The zero-order chi connectivity index (χ0) is 20.0. The average Bonchev–Trinajstić information content (AvgIpc) is 3.40. The normalized spacial score (nSPS) is 24.0. The van der Waals surface area contributed by atoms with Crippen LogP contribution in [0.4, 0.5) is 5.95 Å². The lowest BCUT2D eigenvalue weighted by Gasteiger charge is -2.46. The van der Waals surface area contributed by atoms with Gasteiger partial charge in [-0.3, -0.25) is 19.3 Å². The number of para-hydroxylation sites is 2. The van der Waals surface area contributed by atoms with Gasteiger partial charge in [0.2, 0.25) is 11.9 Å². The van der Waals surface area contributed by atoms with Crippen LogP contribution in [0.25, 0.3) is 11.0 Å². The predicted octanol–water partition coefficient (Wildman–Crippen LogP) is 1.98. The summed E-state index contributed by atoms with van der Waals surface area (Å²) in [7, 11) is 0. The summed E-state index contributed by atoms with van der Waals surface area (Å²) in [6, 6.07) is 8.54. The van der Waals surface area contributed by atoms with E-state index in [1.807, 2.05) is 0 Å². The van der Waals surface area contributed by atoms with Gasteiger partial charge in [0.1, 0.15) is 5.66 Å². The summed E-state index contributed by atoms with van der Waals surface area (Å²) < 4.78 is 7.92. The molecule has 0 unspecified atom stereocenters. The average molecular weight is 410 g/mol. The summed E-state index contributed by atoms with van der Waals surface area (Å²) in [4.78, 5) is 17.2. The summed E-state index contributed by atoms with van der Waals surface area (Å²) in [6.07, 6.45) is 5.93. The number of nitrogens with zero attached hydrogens (tertiary/aromatic N) is 6. The van der Waals surface area contributed by atoms with Crippen LogP contribution >= 0.6 is 0 Å². The molecule has 2 fully saturated rings. The third-order valence-electron chi connectivity index (χ3n) is 7.06. The summed E-state index contributed by atoms with van der Waals surface area (Å²) in [5.41, 5.74) is 2.23. The summed E-state index contributed by atoms with van der Waals surface area (Å²) in [5, 5.41) is 3.84. The molecule has 1 spiro atoms. The highest BCUT2D eigenvalue weighted by Crippen LogP contribution is 2.42. The number of benzene rings is 1. The van der Waals surface area contributed by atoms with Crippen LogP contribution in [0, 0.1) is 0 Å². The van der Waals surface area contributed by atoms with Crippen LogP contribution < -0.4 is 10.2 Å². The fourth-order valence-corrected chi connectivity index (χ4v) is 5.50. The molecule has 0 bridgehead atoms. The Kier molecular flexibility index (Phi) is 4.66. The number of imidazole rings is 1. The molecule has 160 valence electrons. The van der Waals surface area contributed by atoms with E-state index in [9.17, 15) is 0 Å². The number of rotatable bonds is 4. The molecule has 1 aromatic heterocycles. The number of aliphatic imine (C=N–C) groups is 1. The Morgan fingerprint density at radius 1 is 1.03 bits per heavy atom. The zero-order valence-corrected chi connectivity index (χ0v) is 17.6. The van der Waals surface area contributed by atoms with Crippen LogP contribution in [0.1, 0.15) is 32.1 Å². The van der Waals surface area contributed by atoms with Gasteiger partial charge in [0.15, 0.2) is 0 Å². The Balaban J connectivity index is 1.24. The molecule has 0 radical (unpaired) electrons. The second-order valence-electron chi connectivity index (χ2n) is 8.99. The number of ether oxygens (including phenoxy) is 1. The molecular weight excluding hydrogens is 378 g/mol. The summed E-state index contributed by atoms with van der Waals surface area (Å²) >= 11 is 0. The number of anilines is 1. The maximum Gasteiger partial charge on any atom is 0.216 e. The minimum absolute atomic E-state index is 0.0702. The van der Waals surface area contributed by atoms with Crippen molar-refractivity contribution in [3.05, 3.63) is 24.3 Å². The predicted molar refractivity (Wildman–Crippen MR) is 118 cm³/mol. The van der Waals surface area contributed by atoms with E-state index in [0.717, 1.165) is 89.4 Å². The molecule has 8 nitrogen and oxygen atoms in total. The van der Waals surface area contributed by atoms with Crippen molar-refractivity contribution in [1.29, 1.82) is 0 Å². The number of fused-ring (bicyclic) bond motifs is 6. The smallest absolute Gasteiger partial charge is 0.216 e. The number of guanidine groups is 1. The molecule has 1 aromatic carbocycles. The van der Waals surface area contributed by atoms with Crippen LogP contribution in [0.5, 0.6) is 0 Å². The molecule has 30 heavy (non-hydrogen) atoms. The fourth-order valence-electron chi connectivity index (χ4n) is 5.50. The van der Waals surface area contributed by atoms with Crippen molar-refractivity contribution in [3.63, 3.8) is 0 Å². The molecule has 6 rings (SSSR count). The van der Waals surface area contributed by atoms with Gasteiger partial charge < -0.3 is 10.1 Å². The van der Waals surface area contributed by atoms with E-state index in [1.54, 1.807) is 0 Å². The largest absolute Gasteiger partial charge is 0.379 e. The number of morpholine rings is 1. The van der Waals surface area contributed by atoms with Crippen molar-refractivity contribution < 1.29 is 4.74 Å². The highest BCUT2D eigenvalue weighted by molar-refractivity contribution is 5.99. The number of nitrogens with one attached hydrogen (secondary N) is 1. The van der Waals surface area contributed by atoms with Crippen LogP contribution in [0.15, 0.2) is 29.3 Å². The van der Waals surface area contributed by atoms with Gasteiger partial charge >= 0.3 is 0 Å². The third kappa shape index (κ3) is 3.09. The van der Waals surface area contributed by atoms with Gasteiger partial charge in [-0.15, -0.1) is 0 Å². The second kappa shape index (κ2) is 7.51. The fraction of sp³-hybridized carbons (Fsp3) is 0.636. The Labute approximate surface area is 177 Å². The van der Waals surface area contributed by atoms with Crippen molar-refractivity contribution >= 4 is 22.9 Å². The number of hydrogen-bond acceptors (Lipinski definition) is 7. The van der Waals surface area contributed by atoms with Gasteiger partial charge in [-0.2, -0.15) is 0 Å². The molecule has 1 N–H and O–H groups in total. The molecule has 4 heterocycles. The van der Waals surface area contributed by atoms with E-state index >= 15 is 0 Å². The first-order chi connectivity index (χ1) is 14.8. The molecule has 1 aliphatic carbocycles. The Bertz CT molecular complexity index is 942. The highest BCUT2D eigenvalue weighted by atomic mass is 16.5. The molecule has 1 saturated carbocycles. The SMILES string of the molecule is c1ccc2c(c1)nc1n2C2(CCCC2)NC2=NCN(CCCN3CCOCC3)CN21. The topological polar surface area (TPSA) is 61.2 Å².